The fourth-order valence-corrected chi connectivity index (χ4v) is 3.01. The second-order valence-corrected chi connectivity index (χ2v) is 6.16. The topological polar surface area (TPSA) is 85.5 Å². The van der Waals surface area contributed by atoms with Crippen LogP contribution < -0.4 is 19.5 Å². The molecule has 0 atom stereocenters. The average Bonchev–Trinajstić information content (AvgIpc) is 3.14. The summed E-state index contributed by atoms with van der Waals surface area (Å²) in [5.41, 5.74) is 2.62. The number of hydrogen-bond donors (Lipinski definition) is 2. The van der Waals surface area contributed by atoms with E-state index in [0.29, 0.717) is 40.6 Å². The number of ether oxygens (including phenoxy) is 3. The second kappa shape index (κ2) is 8.64. The van der Waals surface area contributed by atoms with Crippen LogP contribution in [-0.2, 0) is 6.42 Å². The van der Waals surface area contributed by atoms with Gasteiger partial charge in [-0.05, 0) is 36.8 Å². The van der Waals surface area contributed by atoms with E-state index in [9.17, 15) is 9.18 Å². The minimum atomic E-state index is -0.481. The van der Waals surface area contributed by atoms with Crippen LogP contribution in [0.4, 0.5) is 10.1 Å². The van der Waals surface area contributed by atoms with Gasteiger partial charge in [-0.1, -0.05) is 13.0 Å². The standard InChI is InChI=1S/C21H22FN3O4/c1-5-15-19(23-21(26)12-7-6-8-14(22)9-12)18(25-24-15)13-10-16(27-2)20(29-4)17(11-13)28-3/h6-11H,5H2,1-4H3,(H,23,26)(H,24,25). The summed E-state index contributed by atoms with van der Waals surface area (Å²) in [5.74, 6) is 0.464. The third-order valence-electron chi connectivity index (χ3n) is 4.46. The van der Waals surface area contributed by atoms with Crippen molar-refractivity contribution >= 4 is 11.6 Å². The Labute approximate surface area is 167 Å². The molecule has 8 heteroatoms. The van der Waals surface area contributed by atoms with Crippen molar-refractivity contribution in [2.45, 2.75) is 13.3 Å². The smallest absolute Gasteiger partial charge is 0.255 e. The van der Waals surface area contributed by atoms with Gasteiger partial charge in [0.1, 0.15) is 11.5 Å². The summed E-state index contributed by atoms with van der Waals surface area (Å²) in [5, 5.41) is 10.1. The number of nitrogens with zero attached hydrogens (tertiary/aromatic N) is 1. The number of carbonyl (C=O) groups is 1. The third-order valence-corrected chi connectivity index (χ3v) is 4.46. The zero-order chi connectivity index (χ0) is 21.0. The van der Waals surface area contributed by atoms with Gasteiger partial charge in [-0.2, -0.15) is 5.10 Å². The molecule has 0 unspecified atom stereocenters. The van der Waals surface area contributed by atoms with Gasteiger partial charge >= 0.3 is 0 Å². The number of hydrogen-bond acceptors (Lipinski definition) is 5. The van der Waals surface area contributed by atoms with Crippen molar-refractivity contribution in [1.29, 1.82) is 0 Å². The van der Waals surface area contributed by atoms with Gasteiger partial charge in [0.05, 0.1) is 32.7 Å². The fourth-order valence-electron chi connectivity index (χ4n) is 3.01. The van der Waals surface area contributed by atoms with Crippen LogP contribution in [0.3, 0.4) is 0 Å². The number of nitrogens with one attached hydrogen (secondary N) is 2. The van der Waals surface area contributed by atoms with Gasteiger partial charge in [0.2, 0.25) is 5.75 Å². The Morgan fingerprint density at radius 3 is 2.34 bits per heavy atom. The van der Waals surface area contributed by atoms with E-state index in [0.717, 1.165) is 5.69 Å². The lowest BCUT2D eigenvalue weighted by Crippen LogP contribution is -2.13. The SMILES string of the molecule is CCc1[nH]nc(-c2cc(OC)c(OC)c(OC)c2)c1NC(=O)c1cccc(F)c1. The molecule has 2 aromatic carbocycles. The van der Waals surface area contributed by atoms with E-state index >= 15 is 0 Å². The summed E-state index contributed by atoms with van der Waals surface area (Å²) in [7, 11) is 4.57. The summed E-state index contributed by atoms with van der Waals surface area (Å²) in [4.78, 5) is 12.7. The Morgan fingerprint density at radius 2 is 1.79 bits per heavy atom. The van der Waals surface area contributed by atoms with Crippen molar-refractivity contribution in [3.8, 4) is 28.5 Å². The Morgan fingerprint density at radius 1 is 1.10 bits per heavy atom. The monoisotopic (exact) mass is 399 g/mol. The molecule has 0 radical (unpaired) electrons. The number of halogens is 1. The maximum absolute atomic E-state index is 13.5. The fraction of sp³-hybridized carbons (Fsp3) is 0.238. The molecule has 0 saturated carbocycles. The third kappa shape index (κ3) is 4.01. The van der Waals surface area contributed by atoms with Gasteiger partial charge < -0.3 is 19.5 Å². The second-order valence-electron chi connectivity index (χ2n) is 6.16. The molecule has 3 rings (SSSR count). The zero-order valence-electron chi connectivity index (χ0n) is 16.6. The van der Waals surface area contributed by atoms with Crippen molar-refractivity contribution in [3.05, 3.63) is 53.5 Å². The number of anilines is 1. The van der Waals surface area contributed by atoms with Crippen molar-refractivity contribution < 1.29 is 23.4 Å². The summed E-state index contributed by atoms with van der Waals surface area (Å²) >= 11 is 0. The molecule has 2 N–H and O–H groups in total. The molecule has 0 aliphatic carbocycles. The molecular weight excluding hydrogens is 377 g/mol. The summed E-state index contributed by atoms with van der Waals surface area (Å²) < 4.78 is 29.7. The molecule has 1 heterocycles. The van der Waals surface area contributed by atoms with Crippen molar-refractivity contribution in [1.82, 2.24) is 10.2 Å². The van der Waals surface area contributed by atoms with E-state index in [-0.39, 0.29) is 5.56 Å². The van der Waals surface area contributed by atoms with Crippen LogP contribution in [0, 0.1) is 5.82 Å². The number of aryl methyl sites for hydroxylation is 1. The minimum absolute atomic E-state index is 0.212. The van der Waals surface area contributed by atoms with Gasteiger partial charge in [-0.25, -0.2) is 4.39 Å². The van der Waals surface area contributed by atoms with Crippen LogP contribution in [0.25, 0.3) is 11.3 Å². The number of methoxy groups -OCH3 is 3. The maximum Gasteiger partial charge on any atom is 0.255 e. The van der Waals surface area contributed by atoms with E-state index in [4.69, 9.17) is 14.2 Å². The number of rotatable bonds is 7. The molecule has 152 valence electrons. The van der Waals surface area contributed by atoms with Crippen molar-refractivity contribution in [3.63, 3.8) is 0 Å². The van der Waals surface area contributed by atoms with Crippen LogP contribution in [0.1, 0.15) is 23.0 Å². The first-order chi connectivity index (χ1) is 14.0. The van der Waals surface area contributed by atoms with E-state index in [1.807, 2.05) is 6.92 Å². The van der Waals surface area contributed by atoms with Crippen LogP contribution in [-0.4, -0.2) is 37.4 Å². The first-order valence-electron chi connectivity index (χ1n) is 8.96. The van der Waals surface area contributed by atoms with Crippen LogP contribution in [0.2, 0.25) is 0 Å². The number of amides is 1. The Bertz CT molecular complexity index is 1010. The molecule has 0 spiro atoms. The molecule has 1 amide bonds. The summed E-state index contributed by atoms with van der Waals surface area (Å²) in [6.45, 7) is 1.93. The van der Waals surface area contributed by atoms with Gasteiger partial charge in [0, 0.05) is 11.1 Å². The number of aromatic amines is 1. The zero-order valence-corrected chi connectivity index (χ0v) is 16.6. The molecule has 0 saturated heterocycles. The number of aromatic nitrogens is 2. The predicted octanol–water partition coefficient (Wildman–Crippen LogP) is 4.06. The molecule has 29 heavy (non-hydrogen) atoms. The highest BCUT2D eigenvalue weighted by atomic mass is 19.1. The highest BCUT2D eigenvalue weighted by Crippen LogP contribution is 2.42. The van der Waals surface area contributed by atoms with E-state index < -0.39 is 11.7 Å². The summed E-state index contributed by atoms with van der Waals surface area (Å²) in [6.07, 6.45) is 0.607. The molecule has 0 aliphatic heterocycles. The summed E-state index contributed by atoms with van der Waals surface area (Å²) in [6, 6.07) is 8.99. The quantitative estimate of drug-likeness (QED) is 0.626. The molecular formula is C21H22FN3O4. The lowest BCUT2D eigenvalue weighted by Gasteiger charge is -2.14. The van der Waals surface area contributed by atoms with Gasteiger partial charge in [0.15, 0.2) is 11.5 Å². The lowest BCUT2D eigenvalue weighted by atomic mass is 10.1. The molecule has 0 fully saturated rings. The van der Waals surface area contributed by atoms with Crippen molar-refractivity contribution in [2.75, 3.05) is 26.6 Å². The first kappa shape index (κ1) is 20.2. The Balaban J connectivity index is 2.06. The molecule has 1 aromatic heterocycles. The molecule has 3 aromatic rings. The van der Waals surface area contributed by atoms with E-state index in [2.05, 4.69) is 15.5 Å². The van der Waals surface area contributed by atoms with Crippen LogP contribution >= 0.6 is 0 Å². The van der Waals surface area contributed by atoms with Gasteiger partial charge in [-0.15, -0.1) is 0 Å². The maximum atomic E-state index is 13.5. The predicted molar refractivity (Wildman–Crippen MR) is 107 cm³/mol. The average molecular weight is 399 g/mol. The number of H-pyrrole nitrogens is 1. The van der Waals surface area contributed by atoms with Gasteiger partial charge in [0.25, 0.3) is 5.91 Å². The van der Waals surface area contributed by atoms with Crippen molar-refractivity contribution in [2.24, 2.45) is 0 Å². The number of carbonyl (C=O) groups excluding carboxylic acids is 1. The number of benzene rings is 2. The Hall–Kier alpha value is -3.55. The molecule has 0 bridgehead atoms. The highest BCUT2D eigenvalue weighted by Gasteiger charge is 2.21. The lowest BCUT2D eigenvalue weighted by molar-refractivity contribution is 0.102. The first-order valence-corrected chi connectivity index (χ1v) is 8.96. The van der Waals surface area contributed by atoms with E-state index in [1.54, 1.807) is 18.2 Å². The van der Waals surface area contributed by atoms with E-state index in [1.165, 1.54) is 39.5 Å². The molecule has 0 aliphatic rings. The Kier molecular flexibility index (Phi) is 6.01. The molecule has 7 nitrogen and oxygen atoms in total. The largest absolute Gasteiger partial charge is 0.493 e. The minimum Gasteiger partial charge on any atom is -0.493 e. The highest BCUT2D eigenvalue weighted by molar-refractivity contribution is 6.06. The normalized spacial score (nSPS) is 10.5. The van der Waals surface area contributed by atoms with Gasteiger partial charge in [-0.3, -0.25) is 9.89 Å². The van der Waals surface area contributed by atoms with Crippen LogP contribution in [0.5, 0.6) is 17.2 Å². The van der Waals surface area contributed by atoms with Crippen LogP contribution in [0.15, 0.2) is 36.4 Å².